The van der Waals surface area contributed by atoms with Crippen molar-refractivity contribution in [2.45, 2.75) is 53.9 Å². The summed E-state index contributed by atoms with van der Waals surface area (Å²) in [4.78, 5) is 10.7. The van der Waals surface area contributed by atoms with Gasteiger partial charge in [-0.25, -0.2) is 0 Å². The molecule has 0 aliphatic heterocycles. The minimum atomic E-state index is 0.250. The first-order valence-electron chi connectivity index (χ1n) is 6.86. The van der Waals surface area contributed by atoms with Crippen LogP contribution in [0.4, 0.5) is 0 Å². The molecule has 2 nitrogen and oxygen atoms in total. The van der Waals surface area contributed by atoms with Crippen LogP contribution in [0.25, 0.3) is 0 Å². The number of aliphatic hydroxyl groups is 1. The highest BCUT2D eigenvalue weighted by molar-refractivity contribution is 5.72. The largest absolute Gasteiger partial charge is 0.397 e. The van der Waals surface area contributed by atoms with Crippen molar-refractivity contribution in [2.75, 3.05) is 6.61 Å². The lowest BCUT2D eigenvalue weighted by Crippen LogP contribution is -2.19. The average Bonchev–Trinajstić information content (AvgIpc) is 2.58. The summed E-state index contributed by atoms with van der Waals surface area (Å²) >= 11 is 0. The zero-order valence-electron chi connectivity index (χ0n) is 12.5. The van der Waals surface area contributed by atoms with Crippen molar-refractivity contribution >= 4 is 6.29 Å². The molecule has 1 N–H and O–H groups in total. The van der Waals surface area contributed by atoms with Crippen LogP contribution >= 0.6 is 0 Å². The summed E-state index contributed by atoms with van der Waals surface area (Å²) in [7, 11) is 0. The van der Waals surface area contributed by atoms with Gasteiger partial charge in [-0.05, 0) is 50.0 Å². The van der Waals surface area contributed by atoms with Gasteiger partial charge in [-0.1, -0.05) is 38.5 Å². The van der Waals surface area contributed by atoms with Gasteiger partial charge in [0.1, 0.15) is 6.29 Å². The molecule has 0 fully saturated rings. The van der Waals surface area contributed by atoms with Crippen molar-refractivity contribution in [3.63, 3.8) is 0 Å². The second-order valence-corrected chi connectivity index (χ2v) is 5.34. The van der Waals surface area contributed by atoms with Gasteiger partial charge in [-0.2, -0.15) is 0 Å². The van der Waals surface area contributed by atoms with E-state index >= 15 is 0 Å². The van der Waals surface area contributed by atoms with Gasteiger partial charge in [0.15, 0.2) is 0 Å². The molecule has 0 aromatic carbocycles. The smallest absolute Gasteiger partial charge is 0.145 e. The lowest BCUT2D eigenvalue weighted by molar-refractivity contribution is -0.105. The molecular formula is C16H28O2. The van der Waals surface area contributed by atoms with Gasteiger partial charge in [0.2, 0.25) is 0 Å². The van der Waals surface area contributed by atoms with Gasteiger partial charge in [0.25, 0.3) is 0 Å². The number of hydrogen-bond donors (Lipinski definition) is 1. The molecule has 0 bridgehead atoms. The Balaban J connectivity index is 0.000000873. The molecule has 0 saturated carbocycles. The molecule has 18 heavy (non-hydrogen) atoms. The minimum Gasteiger partial charge on any atom is -0.397 e. The molecule has 1 atom stereocenters. The zero-order chi connectivity index (χ0) is 14.2. The molecule has 0 amide bonds. The summed E-state index contributed by atoms with van der Waals surface area (Å²) in [6.45, 7) is 10.8. The highest BCUT2D eigenvalue weighted by Crippen LogP contribution is 2.44. The van der Waals surface area contributed by atoms with Crippen LogP contribution in [0, 0.1) is 11.3 Å². The monoisotopic (exact) mass is 252 g/mol. The summed E-state index contributed by atoms with van der Waals surface area (Å²) in [5.41, 5.74) is 2.73. The van der Waals surface area contributed by atoms with Crippen LogP contribution < -0.4 is 0 Å². The van der Waals surface area contributed by atoms with E-state index in [0.717, 1.165) is 31.1 Å². The van der Waals surface area contributed by atoms with E-state index in [1.165, 1.54) is 5.57 Å². The molecule has 0 saturated heterocycles. The molecule has 0 spiro atoms. The van der Waals surface area contributed by atoms with Gasteiger partial charge in [-0.3, -0.25) is 4.79 Å². The number of aliphatic hydroxyl groups excluding tert-OH is 1. The molecule has 0 heterocycles. The van der Waals surface area contributed by atoms with E-state index in [-0.39, 0.29) is 6.61 Å². The number of rotatable bonds is 4. The topological polar surface area (TPSA) is 37.3 Å². The fraction of sp³-hybridized carbons (Fsp3) is 0.688. The third-order valence-corrected chi connectivity index (χ3v) is 3.97. The van der Waals surface area contributed by atoms with Crippen LogP contribution in [0.15, 0.2) is 23.3 Å². The molecule has 1 aliphatic rings. The van der Waals surface area contributed by atoms with Crippen molar-refractivity contribution in [3.8, 4) is 0 Å². The fourth-order valence-corrected chi connectivity index (χ4v) is 2.16. The van der Waals surface area contributed by atoms with Crippen molar-refractivity contribution in [3.05, 3.63) is 23.3 Å². The minimum absolute atomic E-state index is 0.250. The summed E-state index contributed by atoms with van der Waals surface area (Å²) in [5, 5.41) is 7.57. The Morgan fingerprint density at radius 2 is 2.06 bits per heavy atom. The maximum Gasteiger partial charge on any atom is 0.145 e. The van der Waals surface area contributed by atoms with Crippen molar-refractivity contribution in [1.82, 2.24) is 0 Å². The number of carbonyl (C=O) groups is 1. The average molecular weight is 252 g/mol. The lowest BCUT2D eigenvalue weighted by Gasteiger charge is -2.29. The third kappa shape index (κ3) is 4.77. The Morgan fingerprint density at radius 1 is 1.50 bits per heavy atom. The van der Waals surface area contributed by atoms with Gasteiger partial charge in [-0.15, -0.1) is 0 Å². The second-order valence-electron chi connectivity index (χ2n) is 5.34. The SMILES string of the molecule is CC/C(C=O)=C\CC1CC=C(C)C1(C)C.CCO. The normalized spacial score (nSPS) is 22.0. The number of allylic oxidation sites excluding steroid dienone is 4. The highest BCUT2D eigenvalue weighted by Gasteiger charge is 2.33. The van der Waals surface area contributed by atoms with Gasteiger partial charge in [0, 0.05) is 6.61 Å². The first-order chi connectivity index (χ1) is 8.43. The Bertz CT molecular complexity index is 311. The Labute approximate surface area is 112 Å². The van der Waals surface area contributed by atoms with Crippen LogP contribution in [0.5, 0.6) is 0 Å². The molecule has 2 heteroatoms. The molecule has 104 valence electrons. The van der Waals surface area contributed by atoms with Crippen molar-refractivity contribution < 1.29 is 9.90 Å². The molecule has 0 aromatic heterocycles. The summed E-state index contributed by atoms with van der Waals surface area (Å²) < 4.78 is 0. The predicted octanol–water partition coefficient (Wildman–Crippen LogP) is 3.90. The highest BCUT2D eigenvalue weighted by atomic mass is 16.2. The first-order valence-corrected chi connectivity index (χ1v) is 6.86. The van der Waals surface area contributed by atoms with E-state index in [1.807, 2.05) is 6.92 Å². The van der Waals surface area contributed by atoms with E-state index < -0.39 is 0 Å². The summed E-state index contributed by atoms with van der Waals surface area (Å²) in [5.74, 6) is 0.666. The van der Waals surface area contributed by atoms with Gasteiger partial charge in [0.05, 0.1) is 0 Å². The van der Waals surface area contributed by atoms with Crippen LogP contribution in [0.3, 0.4) is 0 Å². The lowest BCUT2D eigenvalue weighted by atomic mass is 9.76. The van der Waals surface area contributed by atoms with E-state index in [4.69, 9.17) is 5.11 Å². The Morgan fingerprint density at radius 3 is 2.39 bits per heavy atom. The molecule has 1 aliphatic carbocycles. The van der Waals surface area contributed by atoms with E-state index in [0.29, 0.717) is 11.3 Å². The predicted molar refractivity (Wildman–Crippen MR) is 77.5 cm³/mol. The van der Waals surface area contributed by atoms with E-state index in [2.05, 4.69) is 32.9 Å². The number of aldehydes is 1. The molecule has 0 aromatic rings. The van der Waals surface area contributed by atoms with Crippen molar-refractivity contribution in [1.29, 1.82) is 0 Å². The molecule has 1 unspecified atom stereocenters. The Kier molecular flexibility index (Phi) is 7.85. The van der Waals surface area contributed by atoms with Crippen LogP contribution in [0.1, 0.15) is 53.9 Å². The van der Waals surface area contributed by atoms with Crippen LogP contribution in [0.2, 0.25) is 0 Å². The second kappa shape index (κ2) is 8.25. The van der Waals surface area contributed by atoms with Crippen LogP contribution in [-0.2, 0) is 4.79 Å². The maximum absolute atomic E-state index is 10.7. The molecule has 1 rings (SSSR count). The quantitative estimate of drug-likeness (QED) is 0.468. The Hall–Kier alpha value is -0.890. The molecule has 0 radical (unpaired) electrons. The number of hydrogen-bond acceptors (Lipinski definition) is 2. The zero-order valence-corrected chi connectivity index (χ0v) is 12.5. The van der Waals surface area contributed by atoms with Gasteiger partial charge < -0.3 is 5.11 Å². The summed E-state index contributed by atoms with van der Waals surface area (Å²) in [6.07, 6.45) is 8.48. The van der Waals surface area contributed by atoms with Gasteiger partial charge >= 0.3 is 0 Å². The van der Waals surface area contributed by atoms with E-state index in [1.54, 1.807) is 6.92 Å². The third-order valence-electron chi connectivity index (χ3n) is 3.97. The first kappa shape index (κ1) is 17.1. The molecular weight excluding hydrogens is 224 g/mol. The standard InChI is InChI=1S/C14H22O.C2H6O/c1-5-12(10-15)7-9-13-8-6-11(2)14(13,3)4;1-2-3/h6-7,10,13H,5,8-9H2,1-4H3;3H,2H2,1H3/b12-7+;. The summed E-state index contributed by atoms with van der Waals surface area (Å²) in [6, 6.07) is 0. The van der Waals surface area contributed by atoms with Crippen molar-refractivity contribution in [2.24, 2.45) is 11.3 Å². The maximum atomic E-state index is 10.7. The fourth-order valence-electron chi connectivity index (χ4n) is 2.16. The number of carbonyl (C=O) groups excluding carboxylic acids is 1. The van der Waals surface area contributed by atoms with Crippen LogP contribution in [-0.4, -0.2) is 18.0 Å². The van der Waals surface area contributed by atoms with E-state index in [9.17, 15) is 4.79 Å².